The number of hydrogen-bond acceptors (Lipinski definition) is 3. The second-order valence-electron chi connectivity index (χ2n) is 4.20. The molecule has 2 N–H and O–H groups in total. The van der Waals surface area contributed by atoms with E-state index in [0.717, 1.165) is 6.42 Å². The molecule has 0 saturated carbocycles. The minimum absolute atomic E-state index is 0.257. The van der Waals surface area contributed by atoms with E-state index in [1.807, 2.05) is 0 Å². The first-order valence-corrected chi connectivity index (χ1v) is 6.21. The zero-order valence-corrected chi connectivity index (χ0v) is 11.0. The van der Waals surface area contributed by atoms with Crippen molar-refractivity contribution in [1.29, 1.82) is 0 Å². The summed E-state index contributed by atoms with van der Waals surface area (Å²) in [5.41, 5.74) is 0.570. The molecule has 1 rings (SSSR count). The molecule has 1 unspecified atom stereocenters. The Balaban J connectivity index is 2.51. The van der Waals surface area contributed by atoms with Crippen molar-refractivity contribution in [2.24, 2.45) is 0 Å². The normalized spacial score (nSPS) is 11.8. The van der Waals surface area contributed by atoms with Crippen LogP contribution in [0.5, 0.6) is 0 Å². The van der Waals surface area contributed by atoms with Crippen molar-refractivity contribution in [3.8, 4) is 0 Å². The van der Waals surface area contributed by atoms with Crippen molar-refractivity contribution >= 4 is 11.9 Å². The van der Waals surface area contributed by atoms with Gasteiger partial charge in [-0.1, -0.05) is 30.3 Å². The van der Waals surface area contributed by atoms with Crippen LogP contribution in [0.3, 0.4) is 0 Å². The van der Waals surface area contributed by atoms with Crippen LogP contribution in [0.4, 0.5) is 0 Å². The first-order chi connectivity index (χ1) is 9.15. The summed E-state index contributed by atoms with van der Waals surface area (Å²) in [6.07, 6.45) is 1.77. The zero-order valence-electron chi connectivity index (χ0n) is 11.0. The largest absolute Gasteiger partial charge is 0.479 e. The van der Waals surface area contributed by atoms with E-state index in [1.165, 1.54) is 0 Å². The van der Waals surface area contributed by atoms with Gasteiger partial charge < -0.3 is 15.2 Å². The van der Waals surface area contributed by atoms with E-state index in [4.69, 9.17) is 9.84 Å². The summed E-state index contributed by atoms with van der Waals surface area (Å²) in [7, 11) is 1.61. The molecule has 0 saturated heterocycles. The number of methoxy groups -OCH3 is 1. The maximum atomic E-state index is 11.7. The third-order valence-electron chi connectivity index (χ3n) is 2.69. The van der Waals surface area contributed by atoms with Gasteiger partial charge in [-0.05, 0) is 18.4 Å². The van der Waals surface area contributed by atoms with Gasteiger partial charge in [-0.25, -0.2) is 4.79 Å². The number of aliphatic carboxylic acids is 1. The molecule has 0 radical (unpaired) electrons. The van der Waals surface area contributed by atoms with Crippen LogP contribution in [-0.4, -0.2) is 30.7 Å². The summed E-state index contributed by atoms with van der Waals surface area (Å²) in [6, 6.07) is 7.67. The van der Waals surface area contributed by atoms with Crippen LogP contribution in [-0.2, 0) is 14.3 Å². The maximum Gasteiger partial charge on any atom is 0.330 e. The minimum Gasteiger partial charge on any atom is -0.479 e. The lowest BCUT2D eigenvalue weighted by molar-refractivity contribution is -0.142. The molecule has 0 heterocycles. The lowest BCUT2D eigenvalue weighted by atomic mass is 10.1. The summed E-state index contributed by atoms with van der Waals surface area (Å²) in [5, 5.41) is 11.7. The number of hydrogen-bond donors (Lipinski definition) is 2. The number of rotatable bonds is 8. The lowest BCUT2D eigenvalue weighted by Crippen LogP contribution is -2.33. The molecule has 0 aliphatic heterocycles. The van der Waals surface area contributed by atoms with Gasteiger partial charge in [0.1, 0.15) is 0 Å². The van der Waals surface area contributed by atoms with Crippen LogP contribution in [0, 0.1) is 0 Å². The summed E-state index contributed by atoms with van der Waals surface area (Å²) in [6.45, 7) is 0.605. The topological polar surface area (TPSA) is 75.6 Å². The van der Waals surface area contributed by atoms with Crippen LogP contribution < -0.4 is 5.32 Å². The molecule has 1 aromatic rings. The van der Waals surface area contributed by atoms with Crippen molar-refractivity contribution in [3.63, 3.8) is 0 Å². The fourth-order valence-electron chi connectivity index (χ4n) is 1.70. The Bertz CT molecular complexity index is 405. The fourth-order valence-corrected chi connectivity index (χ4v) is 1.70. The maximum absolute atomic E-state index is 11.7. The molecular weight excluding hydrogens is 246 g/mol. The fraction of sp³-hybridized carbons (Fsp3) is 0.429. The number of carboxylic acids is 1. The second kappa shape index (κ2) is 8.26. The Morgan fingerprint density at radius 3 is 2.53 bits per heavy atom. The third kappa shape index (κ3) is 5.52. The van der Waals surface area contributed by atoms with Crippen LogP contribution >= 0.6 is 0 Å². The molecule has 5 nitrogen and oxygen atoms in total. The van der Waals surface area contributed by atoms with Crippen LogP contribution in [0.2, 0.25) is 0 Å². The standard InChI is InChI=1S/C14H19NO4/c1-19-10-6-5-9-12(16)15-13(14(17)18)11-7-3-2-4-8-11/h2-4,7-8,13H,5-6,9-10H2,1H3,(H,15,16)(H,17,18). The van der Waals surface area contributed by atoms with Gasteiger partial charge in [-0.2, -0.15) is 0 Å². The van der Waals surface area contributed by atoms with Gasteiger partial charge in [0.05, 0.1) is 0 Å². The average Bonchev–Trinajstić information content (AvgIpc) is 2.41. The second-order valence-corrected chi connectivity index (χ2v) is 4.20. The number of carbonyl (C=O) groups is 2. The third-order valence-corrected chi connectivity index (χ3v) is 2.69. The molecule has 1 atom stereocenters. The number of carboxylic acid groups (broad SMARTS) is 1. The predicted molar refractivity (Wildman–Crippen MR) is 70.7 cm³/mol. The molecule has 0 bridgehead atoms. The molecule has 0 aliphatic carbocycles. The van der Waals surface area contributed by atoms with Gasteiger partial charge in [-0.3, -0.25) is 4.79 Å². The smallest absolute Gasteiger partial charge is 0.330 e. The number of ether oxygens (including phenoxy) is 1. The van der Waals surface area contributed by atoms with E-state index in [9.17, 15) is 9.59 Å². The summed E-state index contributed by atoms with van der Waals surface area (Å²) >= 11 is 0. The van der Waals surface area contributed by atoms with Gasteiger partial charge in [0.25, 0.3) is 0 Å². The Morgan fingerprint density at radius 2 is 1.95 bits per heavy atom. The minimum atomic E-state index is -1.06. The highest BCUT2D eigenvalue weighted by Gasteiger charge is 2.21. The molecule has 104 valence electrons. The number of nitrogens with one attached hydrogen (secondary N) is 1. The van der Waals surface area contributed by atoms with E-state index < -0.39 is 12.0 Å². The highest BCUT2D eigenvalue weighted by atomic mass is 16.5. The number of benzene rings is 1. The summed E-state index contributed by atoms with van der Waals surface area (Å²) < 4.78 is 4.89. The number of carbonyl (C=O) groups excluding carboxylic acids is 1. The molecular formula is C14H19NO4. The molecule has 19 heavy (non-hydrogen) atoms. The van der Waals surface area contributed by atoms with E-state index >= 15 is 0 Å². The molecule has 5 heteroatoms. The first-order valence-electron chi connectivity index (χ1n) is 6.21. The highest BCUT2D eigenvalue weighted by molar-refractivity contribution is 5.84. The Labute approximate surface area is 112 Å². The Morgan fingerprint density at radius 1 is 1.26 bits per heavy atom. The van der Waals surface area contributed by atoms with Crippen LogP contribution in [0.1, 0.15) is 30.9 Å². The number of unbranched alkanes of at least 4 members (excludes halogenated alkanes) is 1. The van der Waals surface area contributed by atoms with Crippen molar-refractivity contribution in [3.05, 3.63) is 35.9 Å². The Hall–Kier alpha value is -1.88. The van der Waals surface area contributed by atoms with Gasteiger partial charge in [-0.15, -0.1) is 0 Å². The van der Waals surface area contributed by atoms with Crippen molar-refractivity contribution in [1.82, 2.24) is 5.32 Å². The predicted octanol–water partition coefficient (Wildman–Crippen LogP) is 1.75. The van der Waals surface area contributed by atoms with Gasteiger partial charge >= 0.3 is 5.97 Å². The van der Waals surface area contributed by atoms with Crippen molar-refractivity contribution in [2.45, 2.75) is 25.3 Å². The van der Waals surface area contributed by atoms with Crippen molar-refractivity contribution < 1.29 is 19.4 Å². The van der Waals surface area contributed by atoms with E-state index in [2.05, 4.69) is 5.32 Å². The van der Waals surface area contributed by atoms with Gasteiger partial charge in [0.2, 0.25) is 5.91 Å². The first kappa shape index (κ1) is 15.2. The molecule has 1 amide bonds. The molecule has 0 spiro atoms. The Kier molecular flexibility index (Phi) is 6.60. The summed E-state index contributed by atoms with van der Waals surface area (Å²) in [4.78, 5) is 22.9. The zero-order chi connectivity index (χ0) is 14.1. The van der Waals surface area contributed by atoms with E-state index in [1.54, 1.807) is 37.4 Å². The van der Waals surface area contributed by atoms with Gasteiger partial charge in [0.15, 0.2) is 6.04 Å². The monoisotopic (exact) mass is 265 g/mol. The quantitative estimate of drug-likeness (QED) is 0.702. The van der Waals surface area contributed by atoms with Crippen LogP contribution in [0.15, 0.2) is 30.3 Å². The SMILES string of the molecule is COCCCCC(=O)NC(C(=O)O)c1ccccc1. The van der Waals surface area contributed by atoms with Gasteiger partial charge in [0, 0.05) is 20.1 Å². The molecule has 1 aromatic carbocycles. The molecule has 0 aliphatic rings. The van der Waals surface area contributed by atoms with E-state index in [-0.39, 0.29) is 5.91 Å². The average molecular weight is 265 g/mol. The van der Waals surface area contributed by atoms with Crippen LogP contribution in [0.25, 0.3) is 0 Å². The van der Waals surface area contributed by atoms with E-state index in [0.29, 0.717) is 25.0 Å². The lowest BCUT2D eigenvalue weighted by Gasteiger charge is -2.14. The number of amides is 1. The highest BCUT2D eigenvalue weighted by Crippen LogP contribution is 2.13. The molecule has 0 aromatic heterocycles. The molecule has 0 fully saturated rings. The summed E-state index contributed by atoms with van der Waals surface area (Å²) in [5.74, 6) is -1.32. The van der Waals surface area contributed by atoms with Crippen molar-refractivity contribution in [2.75, 3.05) is 13.7 Å².